The maximum atomic E-state index is 12.5. The topological polar surface area (TPSA) is 124 Å². The van der Waals surface area contributed by atoms with Gasteiger partial charge in [-0.25, -0.2) is 4.79 Å². The molecule has 0 radical (unpaired) electrons. The lowest BCUT2D eigenvalue weighted by Gasteiger charge is -2.35. The van der Waals surface area contributed by atoms with Gasteiger partial charge >= 0.3 is 6.09 Å². The van der Waals surface area contributed by atoms with Gasteiger partial charge in [0, 0.05) is 20.3 Å². The van der Waals surface area contributed by atoms with Crippen LogP contribution >= 0.6 is 0 Å². The minimum atomic E-state index is -0.872. The summed E-state index contributed by atoms with van der Waals surface area (Å²) in [5, 5.41) is 16.6. The number of amides is 1. The molecule has 1 aliphatic carbocycles. The van der Waals surface area contributed by atoms with Crippen LogP contribution in [0.2, 0.25) is 0 Å². The van der Waals surface area contributed by atoms with Crippen LogP contribution in [0.1, 0.15) is 59.3 Å². The normalized spacial score (nSPS) is 18.6. The van der Waals surface area contributed by atoms with Crippen LogP contribution in [0.5, 0.6) is 0 Å². The summed E-state index contributed by atoms with van der Waals surface area (Å²) in [6.07, 6.45) is 4.50. The molecule has 5 N–H and O–H groups in total. The van der Waals surface area contributed by atoms with Crippen molar-refractivity contribution < 1.29 is 28.8 Å². The van der Waals surface area contributed by atoms with E-state index >= 15 is 0 Å². The highest BCUT2D eigenvalue weighted by molar-refractivity contribution is 5.68. The standard InChI is InChI=1S/C21H43N3O6/c1-21(2,3)30-20(26)24-17(12-16-8-6-5-7-9-16)19(18(25)13-23-14-22)29-15-28-11-10-27-4/h16-19,23,25H,5-15,22H2,1-4H3,(H,24,26). The summed E-state index contributed by atoms with van der Waals surface area (Å²) in [5.74, 6) is 0.467. The fourth-order valence-corrected chi connectivity index (χ4v) is 3.69. The van der Waals surface area contributed by atoms with Crippen LogP contribution in [-0.4, -0.2) is 75.4 Å². The van der Waals surface area contributed by atoms with E-state index in [-0.39, 0.29) is 20.0 Å². The number of hydrogen-bond donors (Lipinski definition) is 4. The Morgan fingerprint density at radius 2 is 1.90 bits per heavy atom. The predicted octanol–water partition coefficient (Wildman–Crippen LogP) is 1.72. The summed E-state index contributed by atoms with van der Waals surface area (Å²) in [4.78, 5) is 12.5. The molecule has 0 saturated heterocycles. The minimum absolute atomic E-state index is 0.00905. The predicted molar refractivity (Wildman–Crippen MR) is 115 cm³/mol. The van der Waals surface area contributed by atoms with E-state index in [0.29, 0.717) is 25.6 Å². The second-order valence-electron chi connectivity index (χ2n) is 8.87. The van der Waals surface area contributed by atoms with Gasteiger partial charge in [0.15, 0.2) is 0 Å². The van der Waals surface area contributed by atoms with E-state index < -0.39 is 29.9 Å². The van der Waals surface area contributed by atoms with Crippen molar-refractivity contribution in [1.82, 2.24) is 10.6 Å². The molecular weight excluding hydrogens is 390 g/mol. The van der Waals surface area contributed by atoms with Gasteiger partial charge in [-0.1, -0.05) is 32.1 Å². The van der Waals surface area contributed by atoms with Crippen molar-refractivity contribution in [3.05, 3.63) is 0 Å². The molecule has 0 aromatic heterocycles. The molecule has 0 bridgehead atoms. The van der Waals surface area contributed by atoms with Crippen LogP contribution in [0.4, 0.5) is 4.79 Å². The number of rotatable bonds is 14. The number of aliphatic hydroxyl groups is 1. The molecule has 0 spiro atoms. The van der Waals surface area contributed by atoms with Crippen molar-refractivity contribution in [1.29, 1.82) is 0 Å². The maximum Gasteiger partial charge on any atom is 0.407 e. The number of alkyl carbamates (subject to hydrolysis) is 1. The Balaban J connectivity index is 2.87. The molecule has 30 heavy (non-hydrogen) atoms. The van der Waals surface area contributed by atoms with Gasteiger partial charge in [0.05, 0.1) is 25.4 Å². The summed E-state index contributed by atoms with van der Waals surface area (Å²) in [6, 6.07) is -0.413. The van der Waals surface area contributed by atoms with E-state index in [4.69, 9.17) is 24.7 Å². The first-order valence-electron chi connectivity index (χ1n) is 11.0. The average Bonchev–Trinajstić information content (AvgIpc) is 2.68. The molecule has 3 atom stereocenters. The van der Waals surface area contributed by atoms with Crippen molar-refractivity contribution >= 4 is 6.09 Å². The Labute approximate surface area is 181 Å². The van der Waals surface area contributed by atoms with Crippen LogP contribution in [0, 0.1) is 5.92 Å². The van der Waals surface area contributed by atoms with Gasteiger partial charge in [-0.3, -0.25) is 0 Å². The highest BCUT2D eigenvalue weighted by Gasteiger charge is 2.34. The number of nitrogens with two attached hydrogens (primary N) is 1. The molecule has 3 unspecified atom stereocenters. The highest BCUT2D eigenvalue weighted by atomic mass is 16.7. The Morgan fingerprint density at radius 1 is 1.20 bits per heavy atom. The zero-order valence-electron chi connectivity index (χ0n) is 19.2. The molecule has 1 rings (SSSR count). The fraction of sp³-hybridized carbons (Fsp3) is 0.952. The first-order valence-corrected chi connectivity index (χ1v) is 11.0. The van der Waals surface area contributed by atoms with E-state index in [2.05, 4.69) is 10.6 Å². The third-order valence-electron chi connectivity index (χ3n) is 5.06. The first kappa shape index (κ1) is 27.1. The molecule has 0 aliphatic heterocycles. The van der Waals surface area contributed by atoms with Crippen molar-refractivity contribution in [2.45, 2.75) is 83.1 Å². The van der Waals surface area contributed by atoms with Crippen LogP contribution in [0.3, 0.4) is 0 Å². The molecular formula is C21H43N3O6. The van der Waals surface area contributed by atoms with Gasteiger partial charge in [0.25, 0.3) is 0 Å². The second-order valence-corrected chi connectivity index (χ2v) is 8.87. The number of ether oxygens (including phenoxy) is 4. The van der Waals surface area contributed by atoms with Crippen molar-refractivity contribution in [2.24, 2.45) is 11.7 Å². The fourth-order valence-electron chi connectivity index (χ4n) is 3.69. The zero-order chi connectivity index (χ0) is 22.4. The lowest BCUT2D eigenvalue weighted by atomic mass is 9.83. The van der Waals surface area contributed by atoms with Crippen LogP contribution < -0.4 is 16.4 Å². The van der Waals surface area contributed by atoms with E-state index in [1.54, 1.807) is 7.11 Å². The monoisotopic (exact) mass is 433 g/mol. The highest BCUT2D eigenvalue weighted by Crippen LogP contribution is 2.29. The quantitative estimate of drug-likeness (QED) is 0.241. The van der Waals surface area contributed by atoms with Crippen molar-refractivity contribution in [3.8, 4) is 0 Å². The van der Waals surface area contributed by atoms with E-state index in [0.717, 1.165) is 12.8 Å². The summed E-state index contributed by atoms with van der Waals surface area (Å²) >= 11 is 0. The molecule has 0 aromatic carbocycles. The largest absolute Gasteiger partial charge is 0.444 e. The third kappa shape index (κ3) is 12.0. The van der Waals surface area contributed by atoms with Gasteiger partial charge < -0.3 is 40.4 Å². The number of carbonyl (C=O) groups excluding carboxylic acids is 1. The Morgan fingerprint density at radius 3 is 2.50 bits per heavy atom. The zero-order valence-corrected chi connectivity index (χ0v) is 19.2. The summed E-state index contributed by atoms with van der Waals surface area (Å²) in [5.41, 5.74) is 4.90. The maximum absolute atomic E-state index is 12.5. The van der Waals surface area contributed by atoms with E-state index in [1.165, 1.54) is 19.3 Å². The summed E-state index contributed by atoms with van der Waals surface area (Å²) in [7, 11) is 1.60. The van der Waals surface area contributed by atoms with Gasteiger partial charge in [-0.2, -0.15) is 0 Å². The van der Waals surface area contributed by atoms with Gasteiger partial charge in [0.1, 0.15) is 18.5 Å². The molecule has 1 amide bonds. The van der Waals surface area contributed by atoms with Gasteiger partial charge in [-0.05, 0) is 33.1 Å². The van der Waals surface area contributed by atoms with E-state index in [1.807, 2.05) is 20.8 Å². The number of carbonyl (C=O) groups is 1. The van der Waals surface area contributed by atoms with Crippen LogP contribution in [0.15, 0.2) is 0 Å². The Kier molecular flexibility index (Phi) is 13.5. The molecule has 0 heterocycles. The average molecular weight is 434 g/mol. The minimum Gasteiger partial charge on any atom is -0.444 e. The lowest BCUT2D eigenvalue weighted by Crippen LogP contribution is -2.54. The number of nitrogens with one attached hydrogen (secondary N) is 2. The summed E-state index contributed by atoms with van der Waals surface area (Å²) < 4.78 is 21.8. The van der Waals surface area contributed by atoms with Gasteiger partial charge in [-0.15, -0.1) is 0 Å². The summed E-state index contributed by atoms with van der Waals surface area (Å²) in [6.45, 7) is 6.77. The number of hydrogen-bond acceptors (Lipinski definition) is 8. The van der Waals surface area contributed by atoms with Crippen LogP contribution in [-0.2, 0) is 18.9 Å². The number of aliphatic hydroxyl groups excluding tert-OH is 1. The van der Waals surface area contributed by atoms with Crippen molar-refractivity contribution in [2.75, 3.05) is 40.3 Å². The third-order valence-corrected chi connectivity index (χ3v) is 5.06. The SMILES string of the molecule is COCCOCOC(C(O)CNCN)C(CC1CCCCC1)NC(=O)OC(C)(C)C. The first-order chi connectivity index (χ1) is 14.3. The molecule has 9 heteroatoms. The molecule has 1 aliphatic rings. The molecule has 9 nitrogen and oxygen atoms in total. The van der Waals surface area contributed by atoms with Crippen LogP contribution in [0.25, 0.3) is 0 Å². The molecule has 0 aromatic rings. The lowest BCUT2D eigenvalue weighted by molar-refractivity contribution is -0.140. The smallest absolute Gasteiger partial charge is 0.407 e. The molecule has 1 saturated carbocycles. The number of methoxy groups -OCH3 is 1. The van der Waals surface area contributed by atoms with E-state index in [9.17, 15) is 9.90 Å². The second kappa shape index (κ2) is 14.9. The van der Waals surface area contributed by atoms with Crippen molar-refractivity contribution in [3.63, 3.8) is 0 Å². The Bertz CT molecular complexity index is 455. The Hall–Kier alpha value is -0.970. The molecule has 1 fully saturated rings. The molecule has 178 valence electrons. The van der Waals surface area contributed by atoms with Gasteiger partial charge in [0.2, 0.25) is 0 Å².